The van der Waals surface area contributed by atoms with E-state index in [2.05, 4.69) is 4.98 Å². The first-order valence-electron chi connectivity index (χ1n) is 5.10. The van der Waals surface area contributed by atoms with Crippen LogP contribution in [0.4, 0.5) is 0 Å². The van der Waals surface area contributed by atoms with Crippen LogP contribution in [0.15, 0.2) is 30.5 Å². The molecule has 84 valence electrons. The summed E-state index contributed by atoms with van der Waals surface area (Å²) in [6.07, 6.45) is 3.20. The van der Waals surface area contributed by atoms with Gasteiger partial charge in [-0.15, -0.1) is 11.3 Å². The van der Waals surface area contributed by atoms with Gasteiger partial charge in [0.1, 0.15) is 5.75 Å². The molecule has 2 rings (SSSR count). The van der Waals surface area contributed by atoms with Crippen molar-refractivity contribution in [2.45, 2.75) is 12.8 Å². The van der Waals surface area contributed by atoms with Crippen molar-refractivity contribution < 1.29 is 10.2 Å². The van der Waals surface area contributed by atoms with Crippen molar-refractivity contribution in [3.8, 4) is 5.75 Å². The molecule has 1 aromatic carbocycles. The highest BCUT2D eigenvalue weighted by Crippen LogP contribution is 2.19. The molecule has 0 saturated carbocycles. The number of aliphatic hydroxyl groups excluding tert-OH is 1. The third-order valence-electron chi connectivity index (χ3n) is 2.23. The predicted octanol–water partition coefficient (Wildman–Crippen LogP) is 1.97. The summed E-state index contributed by atoms with van der Waals surface area (Å²) in [6.45, 7) is 0.160. The third-order valence-corrected chi connectivity index (χ3v) is 3.28. The molecule has 0 radical (unpaired) electrons. The topological polar surface area (TPSA) is 53.4 Å². The monoisotopic (exact) mass is 235 g/mol. The Morgan fingerprint density at radius 1 is 1.31 bits per heavy atom. The van der Waals surface area contributed by atoms with E-state index in [1.54, 1.807) is 29.7 Å². The smallest absolute Gasteiger partial charge is 0.115 e. The Balaban J connectivity index is 2.08. The summed E-state index contributed by atoms with van der Waals surface area (Å²) in [5, 5.41) is 19.1. The van der Waals surface area contributed by atoms with E-state index in [1.807, 2.05) is 12.1 Å². The summed E-state index contributed by atoms with van der Waals surface area (Å²) in [6, 6.07) is 7.19. The number of aromatic nitrogens is 1. The van der Waals surface area contributed by atoms with Crippen molar-refractivity contribution in [3.05, 3.63) is 45.9 Å². The quantitative estimate of drug-likeness (QED) is 0.852. The van der Waals surface area contributed by atoms with Gasteiger partial charge < -0.3 is 10.2 Å². The molecule has 0 aliphatic heterocycles. The molecule has 1 heterocycles. The van der Waals surface area contributed by atoms with Crippen LogP contribution in [0.3, 0.4) is 0 Å². The molecule has 0 unspecified atom stereocenters. The predicted molar refractivity (Wildman–Crippen MR) is 63.8 cm³/mol. The molecule has 0 spiro atoms. The zero-order chi connectivity index (χ0) is 11.4. The zero-order valence-electron chi connectivity index (χ0n) is 8.76. The number of hydrogen-bond acceptors (Lipinski definition) is 4. The average Bonchev–Trinajstić information content (AvgIpc) is 2.66. The first-order chi connectivity index (χ1) is 7.78. The first kappa shape index (κ1) is 11.1. The molecule has 0 aliphatic carbocycles. The number of aromatic hydroxyl groups is 1. The minimum atomic E-state index is 0.160. The maximum Gasteiger partial charge on any atom is 0.115 e. The Kier molecular flexibility index (Phi) is 3.54. The number of phenolic OH excluding ortho intramolecular Hbond substituents is 1. The van der Waals surface area contributed by atoms with E-state index < -0.39 is 0 Å². The van der Waals surface area contributed by atoms with Gasteiger partial charge in [0.25, 0.3) is 0 Å². The van der Waals surface area contributed by atoms with Crippen molar-refractivity contribution >= 4 is 11.3 Å². The van der Waals surface area contributed by atoms with E-state index in [0.29, 0.717) is 6.42 Å². The molecule has 0 fully saturated rings. The highest BCUT2D eigenvalue weighted by molar-refractivity contribution is 7.11. The average molecular weight is 235 g/mol. The number of benzene rings is 1. The molecule has 16 heavy (non-hydrogen) atoms. The molecule has 1 aromatic heterocycles. The molecule has 0 aliphatic rings. The van der Waals surface area contributed by atoms with Crippen molar-refractivity contribution in [2.75, 3.05) is 6.61 Å². The normalized spacial score (nSPS) is 10.6. The van der Waals surface area contributed by atoms with Crippen LogP contribution >= 0.6 is 11.3 Å². The molecule has 2 aromatic rings. The van der Waals surface area contributed by atoms with E-state index in [1.165, 1.54) is 0 Å². The van der Waals surface area contributed by atoms with Crippen LogP contribution in [0.1, 0.15) is 15.4 Å². The maximum atomic E-state index is 9.33. The Bertz CT molecular complexity index is 468. The molecular formula is C12H13NO2S. The highest BCUT2D eigenvalue weighted by Gasteiger charge is 2.03. The van der Waals surface area contributed by atoms with E-state index >= 15 is 0 Å². The Morgan fingerprint density at radius 2 is 2.19 bits per heavy atom. The maximum absolute atomic E-state index is 9.33. The van der Waals surface area contributed by atoms with E-state index in [4.69, 9.17) is 5.11 Å². The van der Waals surface area contributed by atoms with Crippen molar-refractivity contribution in [3.63, 3.8) is 0 Å². The van der Waals surface area contributed by atoms with Crippen LogP contribution in [-0.2, 0) is 12.8 Å². The first-order valence-corrected chi connectivity index (χ1v) is 5.92. The summed E-state index contributed by atoms with van der Waals surface area (Å²) < 4.78 is 0. The second-order valence-electron chi connectivity index (χ2n) is 3.54. The SMILES string of the molecule is OCCc1cnc(Cc2cccc(O)c2)s1. The highest BCUT2D eigenvalue weighted by atomic mass is 32.1. The van der Waals surface area contributed by atoms with Gasteiger partial charge in [-0.3, -0.25) is 0 Å². The van der Waals surface area contributed by atoms with Gasteiger partial charge in [0.05, 0.1) is 5.01 Å². The molecule has 0 bridgehead atoms. The molecule has 4 heteroatoms. The van der Waals surface area contributed by atoms with Crippen molar-refractivity contribution in [2.24, 2.45) is 0 Å². The van der Waals surface area contributed by atoms with Crippen LogP contribution in [0, 0.1) is 0 Å². The van der Waals surface area contributed by atoms with Crippen LogP contribution in [0.25, 0.3) is 0 Å². The molecule has 0 amide bonds. The summed E-state index contributed by atoms with van der Waals surface area (Å²) in [4.78, 5) is 5.38. The van der Waals surface area contributed by atoms with Crippen LogP contribution in [0.5, 0.6) is 5.75 Å². The van der Waals surface area contributed by atoms with Gasteiger partial charge in [0, 0.05) is 30.5 Å². The summed E-state index contributed by atoms with van der Waals surface area (Å²) in [5.74, 6) is 0.282. The van der Waals surface area contributed by atoms with Gasteiger partial charge in [-0.2, -0.15) is 0 Å². The minimum absolute atomic E-state index is 0.160. The summed E-state index contributed by atoms with van der Waals surface area (Å²) >= 11 is 1.61. The molecule has 0 saturated heterocycles. The fourth-order valence-electron chi connectivity index (χ4n) is 1.50. The standard InChI is InChI=1S/C12H13NO2S/c14-5-4-11-8-13-12(16-11)7-9-2-1-3-10(15)6-9/h1-3,6,8,14-15H,4-5,7H2. The van der Waals surface area contributed by atoms with E-state index in [9.17, 15) is 5.11 Å². The lowest BCUT2D eigenvalue weighted by molar-refractivity contribution is 0.300. The lowest BCUT2D eigenvalue weighted by Gasteiger charge is -1.98. The largest absolute Gasteiger partial charge is 0.508 e. The summed E-state index contributed by atoms with van der Waals surface area (Å²) in [5.41, 5.74) is 1.05. The lowest BCUT2D eigenvalue weighted by Crippen LogP contribution is -1.85. The summed E-state index contributed by atoms with van der Waals surface area (Å²) in [7, 11) is 0. The minimum Gasteiger partial charge on any atom is -0.508 e. The van der Waals surface area contributed by atoms with E-state index in [-0.39, 0.29) is 12.4 Å². The number of nitrogens with zero attached hydrogens (tertiary/aromatic N) is 1. The molecule has 2 N–H and O–H groups in total. The Hall–Kier alpha value is -1.39. The van der Waals surface area contributed by atoms with E-state index in [0.717, 1.165) is 21.9 Å². The number of rotatable bonds is 4. The van der Waals surface area contributed by atoms with Gasteiger partial charge in [-0.25, -0.2) is 4.98 Å². The van der Waals surface area contributed by atoms with Crippen LogP contribution < -0.4 is 0 Å². The van der Waals surface area contributed by atoms with Gasteiger partial charge in [0.2, 0.25) is 0 Å². The van der Waals surface area contributed by atoms with Crippen molar-refractivity contribution in [1.82, 2.24) is 4.98 Å². The van der Waals surface area contributed by atoms with Gasteiger partial charge in [-0.05, 0) is 17.7 Å². The molecule has 3 nitrogen and oxygen atoms in total. The number of phenols is 1. The van der Waals surface area contributed by atoms with Crippen molar-refractivity contribution in [1.29, 1.82) is 0 Å². The Morgan fingerprint density at radius 3 is 2.94 bits per heavy atom. The second-order valence-corrected chi connectivity index (χ2v) is 4.74. The fraction of sp³-hybridized carbons (Fsp3) is 0.250. The van der Waals surface area contributed by atoms with Gasteiger partial charge in [0.15, 0.2) is 0 Å². The third kappa shape index (κ3) is 2.81. The molecule has 0 atom stereocenters. The fourth-order valence-corrected chi connectivity index (χ4v) is 2.44. The number of aliphatic hydroxyl groups is 1. The number of hydrogen-bond donors (Lipinski definition) is 2. The van der Waals surface area contributed by atoms with Crippen LogP contribution in [0.2, 0.25) is 0 Å². The van der Waals surface area contributed by atoms with Gasteiger partial charge >= 0.3 is 0 Å². The second kappa shape index (κ2) is 5.09. The number of thiazole rings is 1. The van der Waals surface area contributed by atoms with Crippen LogP contribution in [-0.4, -0.2) is 21.8 Å². The van der Waals surface area contributed by atoms with Gasteiger partial charge in [-0.1, -0.05) is 12.1 Å². The molecular weight excluding hydrogens is 222 g/mol. The lowest BCUT2D eigenvalue weighted by atomic mass is 10.1. The Labute approximate surface area is 98.0 Å². The zero-order valence-corrected chi connectivity index (χ0v) is 9.57.